The van der Waals surface area contributed by atoms with Gasteiger partial charge in [-0.05, 0) is 43.0 Å². The van der Waals surface area contributed by atoms with Gasteiger partial charge in [0, 0.05) is 12.7 Å². The number of carbonyl (C=O) groups excluding carboxylic acids is 2. The smallest absolute Gasteiger partial charge is 0.236 e. The molecule has 3 rings (SSSR count). The summed E-state index contributed by atoms with van der Waals surface area (Å²) in [4.78, 5) is 29.1. The van der Waals surface area contributed by atoms with Gasteiger partial charge in [0.2, 0.25) is 11.8 Å². The highest BCUT2D eigenvalue weighted by atomic mass is 16.2. The van der Waals surface area contributed by atoms with Crippen LogP contribution in [0.4, 0.5) is 0 Å². The maximum Gasteiger partial charge on any atom is 0.236 e. The molecule has 1 fully saturated rings. The van der Waals surface area contributed by atoms with Gasteiger partial charge in [0.05, 0.1) is 12.2 Å². The summed E-state index contributed by atoms with van der Waals surface area (Å²) in [5.41, 5.74) is 2.07. The van der Waals surface area contributed by atoms with Gasteiger partial charge in [-0.15, -0.1) is 0 Å². The average Bonchev–Trinajstić information content (AvgIpc) is 3.41. The van der Waals surface area contributed by atoms with E-state index in [1.807, 2.05) is 49.4 Å². The molecule has 124 valence electrons. The number of aromatic nitrogens is 1. The molecule has 0 saturated heterocycles. The Labute approximate surface area is 141 Å². The van der Waals surface area contributed by atoms with E-state index < -0.39 is 5.41 Å². The van der Waals surface area contributed by atoms with E-state index in [1.54, 1.807) is 6.20 Å². The van der Waals surface area contributed by atoms with Crippen LogP contribution in [0.15, 0.2) is 48.7 Å². The van der Waals surface area contributed by atoms with Gasteiger partial charge in [-0.25, -0.2) is 0 Å². The lowest BCUT2D eigenvalue weighted by atomic mass is 10.0. The van der Waals surface area contributed by atoms with Crippen LogP contribution in [0.2, 0.25) is 0 Å². The van der Waals surface area contributed by atoms with Crippen LogP contribution >= 0.6 is 0 Å². The number of hydrogen-bond donors (Lipinski definition) is 2. The average molecular weight is 323 g/mol. The van der Waals surface area contributed by atoms with Gasteiger partial charge >= 0.3 is 0 Å². The van der Waals surface area contributed by atoms with Crippen molar-refractivity contribution in [2.75, 3.05) is 0 Å². The zero-order chi connectivity index (χ0) is 17.0. The van der Waals surface area contributed by atoms with Crippen LogP contribution in [0.25, 0.3) is 0 Å². The predicted octanol–water partition coefficient (Wildman–Crippen LogP) is 2.10. The van der Waals surface area contributed by atoms with Crippen LogP contribution in [-0.2, 0) is 22.7 Å². The number of benzene rings is 1. The number of nitrogens with one attached hydrogen (secondary N) is 2. The van der Waals surface area contributed by atoms with Crippen molar-refractivity contribution >= 4 is 11.8 Å². The molecule has 1 aliphatic rings. The van der Waals surface area contributed by atoms with Gasteiger partial charge in [0.1, 0.15) is 5.41 Å². The van der Waals surface area contributed by atoms with Gasteiger partial charge < -0.3 is 10.6 Å². The minimum absolute atomic E-state index is 0.190. The van der Waals surface area contributed by atoms with E-state index in [-0.39, 0.29) is 11.8 Å². The van der Waals surface area contributed by atoms with Crippen LogP contribution in [-0.4, -0.2) is 16.8 Å². The summed E-state index contributed by atoms with van der Waals surface area (Å²) in [6, 6.07) is 13.4. The lowest BCUT2D eigenvalue weighted by Crippen LogP contribution is -2.42. The first-order valence-corrected chi connectivity index (χ1v) is 8.13. The quantitative estimate of drug-likeness (QED) is 0.800. The minimum atomic E-state index is -0.905. The molecule has 0 spiro atoms. The van der Waals surface area contributed by atoms with Gasteiger partial charge in [0.15, 0.2) is 0 Å². The fraction of sp³-hybridized carbons (Fsp3) is 0.316. The highest BCUT2D eigenvalue weighted by molar-refractivity contribution is 6.07. The third kappa shape index (κ3) is 3.45. The number of carbonyl (C=O) groups is 2. The fourth-order valence-corrected chi connectivity index (χ4v) is 2.68. The second-order valence-corrected chi connectivity index (χ2v) is 6.20. The van der Waals surface area contributed by atoms with Crippen LogP contribution in [0.1, 0.15) is 29.7 Å². The van der Waals surface area contributed by atoms with Crippen molar-refractivity contribution in [1.82, 2.24) is 15.6 Å². The Morgan fingerprint density at radius 1 is 1.00 bits per heavy atom. The monoisotopic (exact) mass is 323 g/mol. The lowest BCUT2D eigenvalue weighted by Gasteiger charge is -2.16. The first-order valence-electron chi connectivity index (χ1n) is 8.13. The van der Waals surface area contributed by atoms with E-state index in [9.17, 15) is 9.59 Å². The Morgan fingerprint density at radius 2 is 1.67 bits per heavy atom. The maximum absolute atomic E-state index is 12.5. The molecule has 0 aliphatic heterocycles. The van der Waals surface area contributed by atoms with Gasteiger partial charge in [-0.3, -0.25) is 14.6 Å². The van der Waals surface area contributed by atoms with Crippen LogP contribution in [0.3, 0.4) is 0 Å². The number of nitrogens with zero attached hydrogens (tertiary/aromatic N) is 1. The standard InChI is InChI=1S/C19H21N3O2/c1-14-6-2-3-7-15(14)12-21-17(23)19(9-10-19)18(24)22-13-16-8-4-5-11-20-16/h2-8,11H,9-10,12-13H2,1H3,(H,21,23)(H,22,24). The minimum Gasteiger partial charge on any atom is -0.351 e. The molecule has 2 N–H and O–H groups in total. The van der Waals surface area contributed by atoms with Gasteiger partial charge in [-0.1, -0.05) is 30.3 Å². The molecule has 1 aromatic carbocycles. The Kier molecular flexibility index (Phi) is 4.60. The van der Waals surface area contributed by atoms with Gasteiger partial charge in [-0.2, -0.15) is 0 Å². The summed E-state index contributed by atoms with van der Waals surface area (Å²) in [6.07, 6.45) is 2.88. The highest BCUT2D eigenvalue weighted by Gasteiger charge is 2.56. The maximum atomic E-state index is 12.5. The number of hydrogen-bond acceptors (Lipinski definition) is 3. The van der Waals surface area contributed by atoms with Crippen LogP contribution in [0, 0.1) is 12.3 Å². The normalized spacial score (nSPS) is 14.7. The molecule has 5 heteroatoms. The van der Waals surface area contributed by atoms with Gasteiger partial charge in [0.25, 0.3) is 0 Å². The second-order valence-electron chi connectivity index (χ2n) is 6.20. The summed E-state index contributed by atoms with van der Waals surface area (Å²) in [5, 5.41) is 5.74. The first kappa shape index (κ1) is 16.2. The molecule has 0 atom stereocenters. The van der Waals surface area contributed by atoms with E-state index >= 15 is 0 Å². The van der Waals surface area contributed by atoms with Crippen LogP contribution in [0.5, 0.6) is 0 Å². The van der Waals surface area contributed by atoms with Crippen LogP contribution < -0.4 is 10.6 Å². The molecule has 0 bridgehead atoms. The van der Waals surface area contributed by atoms with Crippen molar-refractivity contribution in [1.29, 1.82) is 0 Å². The third-order valence-electron chi connectivity index (χ3n) is 4.48. The van der Waals surface area contributed by atoms with E-state index in [2.05, 4.69) is 15.6 Å². The van der Waals surface area contributed by atoms with Crippen molar-refractivity contribution in [3.8, 4) is 0 Å². The number of aryl methyl sites for hydroxylation is 1. The molecule has 0 radical (unpaired) electrons. The highest BCUT2D eigenvalue weighted by Crippen LogP contribution is 2.46. The molecule has 1 aliphatic carbocycles. The topological polar surface area (TPSA) is 71.1 Å². The molecule has 1 aromatic heterocycles. The number of amides is 2. The molecular weight excluding hydrogens is 302 g/mol. The zero-order valence-electron chi connectivity index (χ0n) is 13.7. The largest absolute Gasteiger partial charge is 0.351 e. The second kappa shape index (κ2) is 6.83. The van der Waals surface area contributed by atoms with Crippen molar-refractivity contribution in [3.63, 3.8) is 0 Å². The predicted molar refractivity (Wildman–Crippen MR) is 90.8 cm³/mol. The summed E-state index contributed by atoms with van der Waals surface area (Å²) in [6.45, 7) is 2.79. The fourth-order valence-electron chi connectivity index (χ4n) is 2.68. The summed E-state index contributed by atoms with van der Waals surface area (Å²) in [5.74, 6) is -0.403. The number of pyridine rings is 1. The molecule has 1 saturated carbocycles. The van der Waals surface area contributed by atoms with Crippen molar-refractivity contribution in [2.45, 2.75) is 32.9 Å². The summed E-state index contributed by atoms with van der Waals surface area (Å²) >= 11 is 0. The van der Waals surface area contributed by atoms with E-state index in [0.29, 0.717) is 25.9 Å². The SMILES string of the molecule is Cc1ccccc1CNC(=O)C1(C(=O)NCc2ccccn2)CC1. The van der Waals surface area contributed by atoms with Crippen molar-refractivity contribution in [3.05, 3.63) is 65.5 Å². The third-order valence-corrected chi connectivity index (χ3v) is 4.48. The summed E-state index contributed by atoms with van der Waals surface area (Å²) in [7, 11) is 0. The molecule has 0 unspecified atom stereocenters. The van der Waals surface area contributed by atoms with E-state index in [1.165, 1.54) is 0 Å². The van der Waals surface area contributed by atoms with Crippen molar-refractivity contribution < 1.29 is 9.59 Å². The molecule has 5 nitrogen and oxygen atoms in total. The molecule has 24 heavy (non-hydrogen) atoms. The van der Waals surface area contributed by atoms with E-state index in [4.69, 9.17) is 0 Å². The lowest BCUT2D eigenvalue weighted by molar-refractivity contribution is -0.137. The Balaban J connectivity index is 1.56. The molecule has 2 amide bonds. The molecule has 1 heterocycles. The Bertz CT molecular complexity index is 739. The van der Waals surface area contributed by atoms with Crippen molar-refractivity contribution in [2.24, 2.45) is 5.41 Å². The zero-order valence-corrected chi connectivity index (χ0v) is 13.7. The summed E-state index contributed by atoms with van der Waals surface area (Å²) < 4.78 is 0. The number of rotatable bonds is 6. The molecular formula is C19H21N3O2. The Hall–Kier alpha value is -2.69. The molecule has 2 aromatic rings. The first-order chi connectivity index (χ1) is 11.6. The van der Waals surface area contributed by atoms with E-state index in [0.717, 1.165) is 16.8 Å². The Morgan fingerprint density at radius 3 is 2.29 bits per heavy atom.